The van der Waals surface area contributed by atoms with Crippen molar-refractivity contribution < 1.29 is 14.4 Å². The highest BCUT2D eigenvalue weighted by Gasteiger charge is 2.29. The van der Waals surface area contributed by atoms with E-state index in [2.05, 4.69) is 43.1 Å². The molecule has 6 heteroatoms. The number of carbonyl (C=O) groups is 1. The second-order valence-electron chi connectivity index (χ2n) is 6.09. The van der Waals surface area contributed by atoms with Crippen LogP contribution in [-0.4, -0.2) is 47.2 Å². The highest BCUT2D eigenvalue weighted by atomic mass is 16.5. The molecule has 132 valence electrons. The van der Waals surface area contributed by atoms with E-state index in [0.29, 0.717) is 17.9 Å². The van der Waals surface area contributed by atoms with Gasteiger partial charge in [-0.25, -0.2) is 0 Å². The summed E-state index contributed by atoms with van der Waals surface area (Å²) in [6.45, 7) is 13.7. The van der Waals surface area contributed by atoms with Crippen molar-refractivity contribution in [3.8, 4) is 0 Å². The van der Waals surface area contributed by atoms with Crippen molar-refractivity contribution in [2.75, 3.05) is 26.2 Å². The Morgan fingerprint density at radius 3 is 2.30 bits per heavy atom. The van der Waals surface area contributed by atoms with Crippen LogP contribution in [0.3, 0.4) is 0 Å². The molecule has 0 bridgehead atoms. The van der Waals surface area contributed by atoms with Gasteiger partial charge in [-0.3, -0.25) is 4.79 Å². The van der Waals surface area contributed by atoms with E-state index in [1.54, 1.807) is 6.92 Å². The third kappa shape index (κ3) is 4.78. The maximum atomic E-state index is 12.4. The van der Waals surface area contributed by atoms with Gasteiger partial charge >= 0.3 is 0 Å². The van der Waals surface area contributed by atoms with Crippen LogP contribution in [0.2, 0.25) is 0 Å². The van der Waals surface area contributed by atoms with E-state index in [0.717, 1.165) is 32.5 Å². The molecule has 0 aliphatic heterocycles. The Morgan fingerprint density at radius 1 is 1.26 bits per heavy atom. The van der Waals surface area contributed by atoms with Crippen LogP contribution >= 0.6 is 0 Å². The Hall–Kier alpha value is -1.40. The molecule has 0 unspecified atom stereocenters. The zero-order valence-electron chi connectivity index (χ0n) is 15.1. The van der Waals surface area contributed by atoms with Gasteiger partial charge in [0.2, 0.25) is 0 Å². The molecule has 6 nitrogen and oxygen atoms in total. The molecule has 1 rings (SSSR count). The Morgan fingerprint density at radius 2 is 1.87 bits per heavy atom. The number of amides is 1. The third-order valence-corrected chi connectivity index (χ3v) is 4.96. The first kappa shape index (κ1) is 19.6. The van der Waals surface area contributed by atoms with E-state index in [9.17, 15) is 4.79 Å². The molecule has 0 aliphatic carbocycles. The van der Waals surface area contributed by atoms with Crippen molar-refractivity contribution in [1.82, 2.24) is 15.4 Å². The minimum Gasteiger partial charge on any atom is -0.388 e. The molecule has 0 radical (unpaired) electrons. The number of rotatable bonds is 10. The molecule has 0 aliphatic rings. The summed E-state index contributed by atoms with van der Waals surface area (Å²) in [4.78, 5) is 14.8. The summed E-state index contributed by atoms with van der Waals surface area (Å²) in [7, 11) is 0. The molecule has 1 aromatic heterocycles. The summed E-state index contributed by atoms with van der Waals surface area (Å²) in [5.41, 5.74) is 0.921. The fraction of sp³-hybridized carbons (Fsp3) is 0.765. The lowest BCUT2D eigenvalue weighted by Gasteiger charge is -2.36. The van der Waals surface area contributed by atoms with Gasteiger partial charge in [0.05, 0.1) is 0 Å². The topological polar surface area (TPSA) is 78.6 Å². The highest BCUT2D eigenvalue weighted by Crippen LogP contribution is 2.27. The van der Waals surface area contributed by atoms with Gasteiger partial charge in [-0.1, -0.05) is 32.9 Å². The summed E-state index contributed by atoms with van der Waals surface area (Å²) in [6.07, 6.45) is 2.00. The van der Waals surface area contributed by atoms with Crippen molar-refractivity contribution in [3.05, 3.63) is 17.0 Å². The van der Waals surface area contributed by atoms with Gasteiger partial charge in [0.25, 0.3) is 5.91 Å². The van der Waals surface area contributed by atoms with Gasteiger partial charge in [-0.2, -0.15) is 0 Å². The highest BCUT2D eigenvalue weighted by molar-refractivity contribution is 5.93. The zero-order chi connectivity index (χ0) is 17.5. The van der Waals surface area contributed by atoms with E-state index in [1.807, 2.05) is 0 Å². The molecule has 2 N–H and O–H groups in total. The van der Waals surface area contributed by atoms with Crippen LogP contribution in [0, 0.1) is 12.3 Å². The standard InChI is InChI=1S/C17H31N3O3/c1-6-17(7-2,12-20(8-3)9-4)11-18-16(22)15-13(5)14(10-21)23-19-15/h21H,6-12H2,1-5H3,(H,18,22). The number of aromatic nitrogens is 1. The van der Waals surface area contributed by atoms with E-state index in [1.165, 1.54) is 0 Å². The molecule has 1 aromatic rings. The minimum atomic E-state index is -0.248. The lowest BCUT2D eigenvalue weighted by atomic mass is 9.81. The SMILES string of the molecule is CCN(CC)CC(CC)(CC)CNC(=O)c1noc(CO)c1C. The monoisotopic (exact) mass is 325 g/mol. The predicted molar refractivity (Wildman–Crippen MR) is 90.3 cm³/mol. The molecular formula is C17H31N3O3. The van der Waals surface area contributed by atoms with Crippen molar-refractivity contribution in [2.24, 2.45) is 5.41 Å². The largest absolute Gasteiger partial charge is 0.388 e. The maximum absolute atomic E-state index is 12.4. The van der Waals surface area contributed by atoms with Gasteiger partial charge in [-0.15, -0.1) is 0 Å². The third-order valence-electron chi connectivity index (χ3n) is 4.96. The zero-order valence-corrected chi connectivity index (χ0v) is 15.1. The van der Waals surface area contributed by atoms with Crippen molar-refractivity contribution >= 4 is 5.91 Å². The first-order valence-corrected chi connectivity index (χ1v) is 8.53. The lowest BCUT2D eigenvalue weighted by Crippen LogP contribution is -2.45. The van der Waals surface area contributed by atoms with E-state index in [-0.39, 0.29) is 23.6 Å². The summed E-state index contributed by atoms with van der Waals surface area (Å²) in [5, 5.41) is 15.9. The molecule has 1 amide bonds. The van der Waals surface area contributed by atoms with Crippen molar-refractivity contribution in [3.63, 3.8) is 0 Å². The number of nitrogens with one attached hydrogen (secondary N) is 1. The van der Waals surface area contributed by atoms with Crippen LogP contribution in [0.25, 0.3) is 0 Å². The Labute approximate surface area is 139 Å². The number of carbonyl (C=O) groups excluding carboxylic acids is 1. The molecular weight excluding hydrogens is 294 g/mol. The van der Waals surface area contributed by atoms with Crippen molar-refractivity contribution in [1.29, 1.82) is 0 Å². The Balaban J connectivity index is 2.77. The Kier molecular flexibility index (Phi) is 7.72. The fourth-order valence-corrected chi connectivity index (χ4v) is 2.78. The summed E-state index contributed by atoms with van der Waals surface area (Å²) >= 11 is 0. The van der Waals surface area contributed by atoms with E-state index < -0.39 is 0 Å². The van der Waals surface area contributed by atoms with E-state index >= 15 is 0 Å². The van der Waals surface area contributed by atoms with Crippen LogP contribution in [0.15, 0.2) is 4.52 Å². The first-order chi connectivity index (χ1) is 11.0. The summed E-state index contributed by atoms with van der Waals surface area (Å²) in [6, 6.07) is 0. The second-order valence-corrected chi connectivity index (χ2v) is 6.09. The molecule has 0 fully saturated rings. The number of hydrogen-bond donors (Lipinski definition) is 2. The maximum Gasteiger partial charge on any atom is 0.273 e. The molecule has 0 saturated carbocycles. The summed E-state index contributed by atoms with van der Waals surface area (Å²) < 4.78 is 4.98. The second kappa shape index (κ2) is 9.03. The number of hydrogen-bond acceptors (Lipinski definition) is 5. The average molecular weight is 325 g/mol. The molecule has 0 aromatic carbocycles. The van der Waals surface area contributed by atoms with Gasteiger partial charge in [-0.05, 0) is 38.3 Å². The smallest absolute Gasteiger partial charge is 0.273 e. The first-order valence-electron chi connectivity index (χ1n) is 8.53. The van der Waals surface area contributed by atoms with Gasteiger partial charge in [0.1, 0.15) is 6.61 Å². The van der Waals surface area contributed by atoms with E-state index in [4.69, 9.17) is 9.63 Å². The van der Waals surface area contributed by atoms with Gasteiger partial charge in [0.15, 0.2) is 11.5 Å². The normalized spacial score (nSPS) is 12.0. The van der Waals surface area contributed by atoms with Crippen LogP contribution in [0.1, 0.15) is 62.3 Å². The average Bonchev–Trinajstić information content (AvgIpc) is 2.96. The molecule has 0 atom stereocenters. The quantitative estimate of drug-likeness (QED) is 0.690. The van der Waals surface area contributed by atoms with Gasteiger partial charge < -0.3 is 19.8 Å². The predicted octanol–water partition coefficient (Wildman–Crippen LogP) is 2.35. The van der Waals surface area contributed by atoms with Crippen LogP contribution in [-0.2, 0) is 6.61 Å². The Bertz CT molecular complexity index is 491. The van der Waals surface area contributed by atoms with Crippen LogP contribution in [0.4, 0.5) is 0 Å². The lowest BCUT2D eigenvalue weighted by molar-refractivity contribution is 0.0885. The fourth-order valence-electron chi connectivity index (χ4n) is 2.78. The van der Waals surface area contributed by atoms with Gasteiger partial charge in [0, 0.05) is 18.7 Å². The number of aliphatic hydroxyl groups excluding tert-OH is 1. The summed E-state index contributed by atoms with van der Waals surface area (Å²) in [5.74, 6) is 0.104. The van der Waals surface area contributed by atoms with Crippen LogP contribution in [0.5, 0.6) is 0 Å². The number of aliphatic hydroxyl groups is 1. The van der Waals surface area contributed by atoms with Crippen molar-refractivity contribution in [2.45, 2.75) is 54.1 Å². The van der Waals surface area contributed by atoms with Crippen LogP contribution < -0.4 is 5.32 Å². The minimum absolute atomic E-state index is 0.0547. The molecule has 0 saturated heterocycles. The molecule has 0 spiro atoms. The number of nitrogens with zero attached hydrogens (tertiary/aromatic N) is 2. The molecule has 1 heterocycles. The molecule has 23 heavy (non-hydrogen) atoms.